The molecule has 0 aromatic heterocycles. The number of carbonyl (C=O) groups is 2. The highest BCUT2D eigenvalue weighted by Gasteiger charge is 2.14. The van der Waals surface area contributed by atoms with E-state index in [2.05, 4.69) is 10.6 Å². The van der Waals surface area contributed by atoms with Gasteiger partial charge in [0.2, 0.25) is 0 Å². The van der Waals surface area contributed by atoms with Crippen molar-refractivity contribution in [2.24, 2.45) is 0 Å². The van der Waals surface area contributed by atoms with Crippen LogP contribution in [0.5, 0.6) is 0 Å². The number of urea groups is 1. The van der Waals surface area contributed by atoms with E-state index in [4.69, 9.17) is 5.11 Å². The molecule has 7 heteroatoms. The lowest BCUT2D eigenvalue weighted by Crippen LogP contribution is -2.40. The Balaban J connectivity index is 2.02. The van der Waals surface area contributed by atoms with E-state index < -0.39 is 5.97 Å². The number of rotatable bonds is 5. The minimum Gasteiger partial charge on any atom is -0.481 e. The van der Waals surface area contributed by atoms with Crippen molar-refractivity contribution in [3.63, 3.8) is 0 Å². The van der Waals surface area contributed by atoms with E-state index in [1.807, 2.05) is 23.5 Å². The van der Waals surface area contributed by atoms with Crippen LogP contribution in [0.1, 0.15) is 6.42 Å². The molecular weight excluding hydrogens is 248 g/mol. The van der Waals surface area contributed by atoms with E-state index in [1.54, 1.807) is 0 Å². The maximum absolute atomic E-state index is 11.2. The van der Waals surface area contributed by atoms with Gasteiger partial charge in [-0.15, -0.1) is 0 Å². The molecule has 0 bridgehead atoms. The van der Waals surface area contributed by atoms with Crippen molar-refractivity contribution < 1.29 is 14.7 Å². The molecule has 2 amide bonds. The fourth-order valence-corrected chi connectivity index (χ4v) is 3.82. The maximum Gasteiger partial charge on any atom is 0.314 e. The third-order valence-electron chi connectivity index (χ3n) is 2.00. The summed E-state index contributed by atoms with van der Waals surface area (Å²) in [6, 6.07) is -0.280. The van der Waals surface area contributed by atoms with Crippen molar-refractivity contribution in [1.82, 2.24) is 10.6 Å². The third kappa shape index (κ3) is 6.12. The zero-order valence-corrected chi connectivity index (χ0v) is 10.5. The first-order chi connectivity index (χ1) is 7.68. The highest BCUT2D eigenvalue weighted by Crippen LogP contribution is 2.23. The number of carboxylic acids is 1. The third-order valence-corrected chi connectivity index (χ3v) is 4.84. The molecule has 0 radical (unpaired) electrons. The Labute approximate surface area is 103 Å². The predicted molar refractivity (Wildman–Crippen MR) is 67.2 cm³/mol. The number of thioether (sulfide) groups is 2. The number of hydrogen-bond donors (Lipinski definition) is 3. The molecule has 1 saturated heterocycles. The quantitative estimate of drug-likeness (QED) is 0.678. The number of carbonyl (C=O) groups excluding carboxylic acids is 1. The van der Waals surface area contributed by atoms with E-state index in [-0.39, 0.29) is 19.0 Å². The molecule has 1 aliphatic rings. The van der Waals surface area contributed by atoms with Crippen LogP contribution in [0.2, 0.25) is 0 Å². The highest BCUT2D eigenvalue weighted by atomic mass is 32.2. The van der Waals surface area contributed by atoms with Gasteiger partial charge in [-0.25, -0.2) is 4.79 Å². The summed E-state index contributed by atoms with van der Waals surface area (Å²) in [7, 11) is 0. The van der Waals surface area contributed by atoms with Gasteiger partial charge in [-0.2, -0.15) is 23.5 Å². The summed E-state index contributed by atoms with van der Waals surface area (Å²) in [6.45, 7) is 0.824. The van der Waals surface area contributed by atoms with Crippen LogP contribution in [0.3, 0.4) is 0 Å². The average Bonchev–Trinajstić information content (AvgIpc) is 2.27. The molecule has 1 fully saturated rings. The van der Waals surface area contributed by atoms with Gasteiger partial charge in [-0.3, -0.25) is 4.79 Å². The smallest absolute Gasteiger partial charge is 0.314 e. The molecule has 0 aromatic rings. The minimum atomic E-state index is -0.903. The van der Waals surface area contributed by atoms with E-state index in [0.29, 0.717) is 11.8 Å². The van der Waals surface area contributed by atoms with Gasteiger partial charge in [0.1, 0.15) is 0 Å². The standard InChI is InChI=1S/C9H16N2O3S2/c12-8(13)1-2-10-9(14)11-5-7-6-15-3-4-16-7/h7H,1-6H2,(H,12,13)(H2,10,11,14). The van der Waals surface area contributed by atoms with Crippen molar-refractivity contribution in [1.29, 1.82) is 0 Å². The second-order valence-corrected chi connectivity index (χ2v) is 5.91. The summed E-state index contributed by atoms with van der Waals surface area (Å²) in [5.41, 5.74) is 0. The molecule has 1 aliphatic heterocycles. The fourth-order valence-electron chi connectivity index (χ4n) is 1.21. The first kappa shape index (κ1) is 13.5. The number of nitrogens with one attached hydrogen (secondary N) is 2. The van der Waals surface area contributed by atoms with Gasteiger partial charge >= 0.3 is 12.0 Å². The van der Waals surface area contributed by atoms with Gasteiger partial charge < -0.3 is 15.7 Å². The average molecular weight is 264 g/mol. The number of aliphatic carboxylic acids is 1. The van der Waals surface area contributed by atoms with Gasteiger partial charge in [0, 0.05) is 35.6 Å². The Kier molecular flexibility index (Phi) is 6.47. The molecule has 1 heterocycles. The zero-order valence-electron chi connectivity index (χ0n) is 8.90. The monoisotopic (exact) mass is 264 g/mol. The number of hydrogen-bond acceptors (Lipinski definition) is 4. The fraction of sp³-hybridized carbons (Fsp3) is 0.778. The highest BCUT2D eigenvalue weighted by molar-refractivity contribution is 8.06. The van der Waals surface area contributed by atoms with Crippen molar-refractivity contribution in [3.8, 4) is 0 Å². The van der Waals surface area contributed by atoms with Gasteiger partial charge in [0.25, 0.3) is 0 Å². The lowest BCUT2D eigenvalue weighted by Gasteiger charge is -2.21. The van der Waals surface area contributed by atoms with Crippen LogP contribution >= 0.6 is 23.5 Å². The largest absolute Gasteiger partial charge is 0.481 e. The van der Waals surface area contributed by atoms with Crippen molar-refractivity contribution >= 4 is 35.5 Å². The van der Waals surface area contributed by atoms with Crippen molar-refractivity contribution in [2.75, 3.05) is 30.3 Å². The summed E-state index contributed by atoms with van der Waals surface area (Å²) in [5, 5.41) is 14.1. The normalized spacial score (nSPS) is 20.1. The Bertz CT molecular complexity index is 245. The Hall–Kier alpha value is -0.560. The van der Waals surface area contributed by atoms with Crippen LogP contribution in [-0.2, 0) is 4.79 Å². The van der Waals surface area contributed by atoms with Crippen LogP contribution in [-0.4, -0.2) is 52.7 Å². The van der Waals surface area contributed by atoms with Gasteiger partial charge in [0.05, 0.1) is 6.42 Å². The number of carboxylic acid groups (broad SMARTS) is 1. The van der Waals surface area contributed by atoms with Crippen LogP contribution in [0.15, 0.2) is 0 Å². The maximum atomic E-state index is 11.2. The van der Waals surface area contributed by atoms with E-state index in [9.17, 15) is 9.59 Å². The molecular formula is C9H16N2O3S2. The minimum absolute atomic E-state index is 0.0402. The molecule has 92 valence electrons. The molecule has 5 nitrogen and oxygen atoms in total. The molecule has 1 unspecified atom stereocenters. The van der Waals surface area contributed by atoms with E-state index in [0.717, 1.165) is 11.5 Å². The zero-order chi connectivity index (χ0) is 11.8. The van der Waals surface area contributed by atoms with Crippen LogP contribution < -0.4 is 10.6 Å². The molecule has 0 saturated carbocycles. The lowest BCUT2D eigenvalue weighted by molar-refractivity contribution is -0.136. The molecule has 1 rings (SSSR count). The predicted octanol–water partition coefficient (Wildman–Crippen LogP) is 0.609. The summed E-state index contributed by atoms with van der Waals surface area (Å²) in [4.78, 5) is 21.4. The van der Waals surface area contributed by atoms with Crippen LogP contribution in [0.4, 0.5) is 4.79 Å². The van der Waals surface area contributed by atoms with Crippen molar-refractivity contribution in [3.05, 3.63) is 0 Å². The molecule has 0 spiro atoms. The van der Waals surface area contributed by atoms with Crippen LogP contribution in [0, 0.1) is 0 Å². The van der Waals surface area contributed by atoms with Gasteiger partial charge in [0.15, 0.2) is 0 Å². The van der Waals surface area contributed by atoms with E-state index >= 15 is 0 Å². The Morgan fingerprint density at radius 3 is 2.75 bits per heavy atom. The first-order valence-electron chi connectivity index (χ1n) is 5.11. The molecule has 1 atom stereocenters. The molecule has 0 aliphatic carbocycles. The first-order valence-corrected chi connectivity index (χ1v) is 7.31. The van der Waals surface area contributed by atoms with Crippen molar-refractivity contribution in [2.45, 2.75) is 11.7 Å². The second-order valence-electron chi connectivity index (χ2n) is 3.35. The second kappa shape index (κ2) is 7.67. The molecule has 16 heavy (non-hydrogen) atoms. The van der Waals surface area contributed by atoms with Crippen LogP contribution in [0.25, 0.3) is 0 Å². The molecule has 0 aromatic carbocycles. The Morgan fingerprint density at radius 2 is 2.12 bits per heavy atom. The topological polar surface area (TPSA) is 78.4 Å². The lowest BCUT2D eigenvalue weighted by atomic mass is 10.4. The Morgan fingerprint density at radius 1 is 1.31 bits per heavy atom. The number of amides is 2. The summed E-state index contributed by atoms with van der Waals surface area (Å²) in [5.74, 6) is 2.49. The molecule has 3 N–H and O–H groups in total. The summed E-state index contributed by atoms with van der Waals surface area (Å²) < 4.78 is 0. The summed E-state index contributed by atoms with van der Waals surface area (Å²) >= 11 is 3.78. The van der Waals surface area contributed by atoms with E-state index in [1.165, 1.54) is 5.75 Å². The SMILES string of the molecule is O=C(O)CCNC(=O)NCC1CSCCS1. The van der Waals surface area contributed by atoms with Gasteiger partial charge in [-0.1, -0.05) is 0 Å². The summed E-state index contributed by atoms with van der Waals surface area (Å²) in [6.07, 6.45) is -0.0402. The van der Waals surface area contributed by atoms with Gasteiger partial charge in [-0.05, 0) is 0 Å².